The first-order chi connectivity index (χ1) is 12.1. The first kappa shape index (κ1) is 19.7. The quantitative estimate of drug-likeness (QED) is 0.678. The topological polar surface area (TPSA) is 37.6 Å². The predicted octanol–water partition coefficient (Wildman–Crippen LogP) is 3.45. The van der Waals surface area contributed by atoms with Gasteiger partial charge in [0.2, 0.25) is 0 Å². The second-order valence-corrected chi connectivity index (χ2v) is 6.72. The predicted molar refractivity (Wildman–Crippen MR) is 103 cm³/mol. The third-order valence-corrected chi connectivity index (χ3v) is 4.61. The van der Waals surface area contributed by atoms with Crippen LogP contribution in [-0.2, 0) is 17.8 Å². The molecule has 1 heterocycles. The van der Waals surface area contributed by atoms with Crippen molar-refractivity contribution in [2.45, 2.75) is 45.9 Å². The molecule has 0 radical (unpaired) electrons. The number of aliphatic hydroxyl groups is 1. The first-order valence-corrected chi connectivity index (χ1v) is 9.22. The third kappa shape index (κ3) is 6.31. The summed E-state index contributed by atoms with van der Waals surface area (Å²) in [6.45, 7) is 8.16. The van der Waals surface area contributed by atoms with Crippen molar-refractivity contribution >= 4 is 0 Å². The molecule has 1 atom stereocenters. The van der Waals surface area contributed by atoms with E-state index < -0.39 is 0 Å². The van der Waals surface area contributed by atoms with Gasteiger partial charge in [0.15, 0.2) is 0 Å². The van der Waals surface area contributed by atoms with Crippen molar-refractivity contribution in [1.29, 1.82) is 0 Å². The number of hydrogen-bond acceptors (Lipinski definition) is 3. The molecule has 4 heteroatoms. The number of hydrogen-bond donors (Lipinski definition) is 1. The van der Waals surface area contributed by atoms with Gasteiger partial charge in [-0.2, -0.15) is 0 Å². The highest BCUT2D eigenvalue weighted by Gasteiger charge is 2.14. The Labute approximate surface area is 152 Å². The molecule has 0 aliphatic carbocycles. The van der Waals surface area contributed by atoms with Gasteiger partial charge in [-0.15, -0.1) is 0 Å². The second kappa shape index (κ2) is 10.4. The molecule has 0 aliphatic rings. The molecule has 0 fully saturated rings. The molecule has 2 aromatic rings. The molecular weight excluding hydrogens is 312 g/mol. The van der Waals surface area contributed by atoms with Gasteiger partial charge in [0.25, 0.3) is 0 Å². The van der Waals surface area contributed by atoms with Crippen molar-refractivity contribution in [3.63, 3.8) is 0 Å². The van der Waals surface area contributed by atoms with E-state index in [0.717, 1.165) is 32.5 Å². The number of nitrogens with zero attached hydrogens (tertiary/aromatic N) is 2. The molecule has 0 saturated carbocycles. The van der Waals surface area contributed by atoms with Gasteiger partial charge < -0.3 is 14.4 Å². The molecule has 1 aromatic carbocycles. The zero-order valence-corrected chi connectivity index (χ0v) is 15.8. The molecule has 138 valence electrons. The smallest absolute Gasteiger partial charge is 0.0667 e. The van der Waals surface area contributed by atoms with Crippen LogP contribution in [0.3, 0.4) is 0 Å². The molecule has 4 nitrogen and oxygen atoms in total. The number of ether oxygens (including phenoxy) is 1. The lowest BCUT2D eigenvalue weighted by molar-refractivity contribution is 0.0788. The van der Waals surface area contributed by atoms with E-state index in [1.54, 1.807) is 7.11 Å². The first-order valence-electron chi connectivity index (χ1n) is 9.22. The monoisotopic (exact) mass is 344 g/mol. The maximum absolute atomic E-state index is 10.2. The summed E-state index contributed by atoms with van der Waals surface area (Å²) in [6.07, 6.45) is 3.71. The van der Waals surface area contributed by atoms with Crippen LogP contribution < -0.4 is 0 Å². The van der Waals surface area contributed by atoms with Crippen LogP contribution >= 0.6 is 0 Å². The fourth-order valence-corrected chi connectivity index (χ4v) is 3.13. The minimum Gasteiger partial charge on any atom is -0.392 e. The Morgan fingerprint density at radius 2 is 2.00 bits per heavy atom. The highest BCUT2D eigenvalue weighted by Crippen LogP contribution is 2.14. The van der Waals surface area contributed by atoms with Gasteiger partial charge >= 0.3 is 0 Å². The van der Waals surface area contributed by atoms with Crippen molar-refractivity contribution < 1.29 is 9.84 Å². The summed E-state index contributed by atoms with van der Waals surface area (Å²) >= 11 is 0. The van der Waals surface area contributed by atoms with E-state index in [1.165, 1.54) is 16.8 Å². The summed E-state index contributed by atoms with van der Waals surface area (Å²) in [5, 5.41) is 10.2. The molecular formula is C21H32N2O2. The normalized spacial score (nSPS) is 12.7. The average molecular weight is 344 g/mol. The van der Waals surface area contributed by atoms with Crippen LogP contribution in [0.2, 0.25) is 0 Å². The third-order valence-electron chi connectivity index (χ3n) is 4.61. The van der Waals surface area contributed by atoms with Crippen molar-refractivity contribution in [2.75, 3.05) is 26.8 Å². The van der Waals surface area contributed by atoms with Crippen LogP contribution in [0, 0.1) is 6.92 Å². The minimum atomic E-state index is -0.276. The number of methoxy groups -OCH3 is 1. The maximum atomic E-state index is 10.2. The van der Waals surface area contributed by atoms with Gasteiger partial charge in [-0.1, -0.05) is 37.6 Å². The lowest BCUT2D eigenvalue weighted by atomic mass is 10.1. The van der Waals surface area contributed by atoms with Crippen LogP contribution in [0.1, 0.15) is 36.6 Å². The van der Waals surface area contributed by atoms with E-state index in [2.05, 4.69) is 65.9 Å². The second-order valence-electron chi connectivity index (χ2n) is 6.72. The minimum absolute atomic E-state index is 0.276. The number of rotatable bonds is 11. The Hall–Kier alpha value is -1.62. The molecule has 25 heavy (non-hydrogen) atoms. The molecule has 0 unspecified atom stereocenters. The van der Waals surface area contributed by atoms with E-state index in [9.17, 15) is 5.11 Å². The summed E-state index contributed by atoms with van der Waals surface area (Å²) in [5.74, 6) is 0. The molecule has 0 spiro atoms. The molecule has 0 saturated heterocycles. The van der Waals surface area contributed by atoms with Gasteiger partial charge in [0.05, 0.1) is 12.7 Å². The van der Waals surface area contributed by atoms with Crippen LogP contribution in [0.5, 0.6) is 0 Å². The molecule has 0 bridgehead atoms. The van der Waals surface area contributed by atoms with Gasteiger partial charge in [0.1, 0.15) is 0 Å². The zero-order valence-electron chi connectivity index (χ0n) is 15.8. The van der Waals surface area contributed by atoms with Crippen molar-refractivity contribution in [1.82, 2.24) is 9.47 Å². The Morgan fingerprint density at radius 1 is 1.20 bits per heavy atom. The highest BCUT2D eigenvalue weighted by atomic mass is 16.5. The largest absolute Gasteiger partial charge is 0.392 e. The average Bonchev–Trinajstić information content (AvgIpc) is 3.02. The number of aryl methyl sites for hydroxylation is 1. The lowest BCUT2D eigenvalue weighted by Crippen LogP contribution is -2.35. The van der Waals surface area contributed by atoms with Gasteiger partial charge in [-0.05, 0) is 36.6 Å². The summed E-state index contributed by atoms with van der Waals surface area (Å²) in [5.41, 5.74) is 3.93. The standard InChI is InChI=1S/C21H32N2O2/c1-4-8-21(24)17-22(13-14-25-3)16-20-11-7-12-23(20)15-19-10-6-5-9-18(19)2/h5-7,9-12,21,24H,4,8,13-17H2,1-3H3/t21-/m0/s1. The summed E-state index contributed by atoms with van der Waals surface area (Å²) in [7, 11) is 1.72. The van der Waals surface area contributed by atoms with E-state index >= 15 is 0 Å². The van der Waals surface area contributed by atoms with Crippen LogP contribution in [0.15, 0.2) is 42.6 Å². The lowest BCUT2D eigenvalue weighted by Gasteiger charge is -2.25. The van der Waals surface area contributed by atoms with Crippen molar-refractivity contribution in [3.05, 3.63) is 59.4 Å². The van der Waals surface area contributed by atoms with Gasteiger partial charge in [-0.25, -0.2) is 0 Å². The number of benzene rings is 1. The number of aromatic nitrogens is 1. The zero-order chi connectivity index (χ0) is 18.1. The molecule has 0 aliphatic heterocycles. The number of aliphatic hydroxyl groups excluding tert-OH is 1. The van der Waals surface area contributed by atoms with Crippen LogP contribution in [-0.4, -0.2) is 47.5 Å². The molecule has 1 aromatic heterocycles. The van der Waals surface area contributed by atoms with Gasteiger partial charge in [-0.3, -0.25) is 4.90 Å². The SMILES string of the molecule is CCC[C@H](O)CN(CCOC)Cc1cccn1Cc1ccccc1C. The van der Waals surface area contributed by atoms with Crippen molar-refractivity contribution in [3.8, 4) is 0 Å². The fraction of sp³-hybridized carbons (Fsp3) is 0.524. The van der Waals surface area contributed by atoms with E-state index in [0.29, 0.717) is 13.2 Å². The molecule has 0 amide bonds. The Kier molecular flexibility index (Phi) is 8.19. The summed E-state index contributed by atoms with van der Waals surface area (Å²) < 4.78 is 7.54. The van der Waals surface area contributed by atoms with Gasteiger partial charge in [0, 0.05) is 45.2 Å². The summed E-state index contributed by atoms with van der Waals surface area (Å²) in [4.78, 5) is 2.29. The Balaban J connectivity index is 2.06. The molecule has 2 rings (SSSR count). The van der Waals surface area contributed by atoms with E-state index in [-0.39, 0.29) is 6.10 Å². The van der Waals surface area contributed by atoms with Crippen molar-refractivity contribution in [2.24, 2.45) is 0 Å². The van der Waals surface area contributed by atoms with Crippen LogP contribution in [0.4, 0.5) is 0 Å². The summed E-state index contributed by atoms with van der Waals surface area (Å²) in [6, 6.07) is 12.8. The molecule has 1 N–H and O–H groups in total. The van der Waals surface area contributed by atoms with E-state index in [4.69, 9.17) is 4.74 Å². The Bertz CT molecular complexity index is 624. The highest BCUT2D eigenvalue weighted by molar-refractivity contribution is 5.26. The van der Waals surface area contributed by atoms with E-state index in [1.807, 2.05) is 0 Å². The Morgan fingerprint density at radius 3 is 2.72 bits per heavy atom. The maximum Gasteiger partial charge on any atom is 0.0667 e. The van der Waals surface area contributed by atoms with Crippen LogP contribution in [0.25, 0.3) is 0 Å². The fourth-order valence-electron chi connectivity index (χ4n) is 3.13.